The Labute approximate surface area is 125 Å². The van der Waals surface area contributed by atoms with E-state index in [0.717, 1.165) is 14.9 Å². The third kappa shape index (κ3) is 3.00. The van der Waals surface area contributed by atoms with Crippen LogP contribution in [0.15, 0.2) is 70.6 Å². The molecule has 1 nitrogen and oxygen atoms in total. The van der Waals surface area contributed by atoms with Crippen LogP contribution in [-0.2, 0) is 0 Å². The Bertz CT molecular complexity index is 679. The molecule has 0 bridgehead atoms. The molecule has 94 valence electrons. The lowest BCUT2D eigenvalue weighted by molar-refractivity contribution is 1.28. The van der Waals surface area contributed by atoms with Gasteiger partial charge in [0.2, 0.25) is 0 Å². The van der Waals surface area contributed by atoms with E-state index < -0.39 is 0 Å². The highest BCUT2D eigenvalue weighted by atomic mass is 35.5. The second-order valence-electron chi connectivity index (χ2n) is 3.93. The molecule has 1 aromatic heterocycles. The molecule has 0 atom stereocenters. The third-order valence-electron chi connectivity index (χ3n) is 2.60. The minimum atomic E-state index is 0.766. The maximum absolute atomic E-state index is 6.15. The van der Waals surface area contributed by atoms with Gasteiger partial charge in [-0.3, -0.25) is 0 Å². The van der Waals surface area contributed by atoms with Gasteiger partial charge in [-0.05, 0) is 35.3 Å². The molecule has 0 radical (unpaired) electrons. The second kappa shape index (κ2) is 5.78. The van der Waals surface area contributed by atoms with Crippen molar-refractivity contribution in [2.45, 2.75) is 9.92 Å². The van der Waals surface area contributed by atoms with Crippen LogP contribution in [0.1, 0.15) is 0 Å². The SMILES string of the molecule is Clc1ccccc1Sc1cc(-c2ccccc2)sn1. The molecular weight excluding hydrogens is 294 g/mol. The standard InChI is InChI=1S/C15H10ClNS2/c16-12-8-4-5-9-13(12)18-15-10-14(19-17-15)11-6-2-1-3-7-11/h1-10H. The first-order valence-electron chi connectivity index (χ1n) is 5.77. The molecule has 3 rings (SSSR count). The minimum absolute atomic E-state index is 0.766. The van der Waals surface area contributed by atoms with Crippen molar-refractivity contribution in [1.29, 1.82) is 0 Å². The summed E-state index contributed by atoms with van der Waals surface area (Å²) in [5.41, 5.74) is 1.20. The average molecular weight is 304 g/mol. The van der Waals surface area contributed by atoms with Crippen LogP contribution in [0.5, 0.6) is 0 Å². The van der Waals surface area contributed by atoms with Crippen LogP contribution in [0, 0.1) is 0 Å². The molecule has 19 heavy (non-hydrogen) atoms. The van der Waals surface area contributed by atoms with Crippen LogP contribution in [0.4, 0.5) is 0 Å². The van der Waals surface area contributed by atoms with Crippen molar-refractivity contribution >= 4 is 34.9 Å². The topological polar surface area (TPSA) is 12.9 Å². The van der Waals surface area contributed by atoms with Gasteiger partial charge in [0.1, 0.15) is 5.03 Å². The van der Waals surface area contributed by atoms with Gasteiger partial charge in [0, 0.05) is 4.90 Å². The molecule has 3 aromatic rings. The van der Waals surface area contributed by atoms with Crippen molar-refractivity contribution in [2.24, 2.45) is 0 Å². The van der Waals surface area contributed by atoms with Gasteiger partial charge in [-0.15, -0.1) is 0 Å². The molecular formula is C15H10ClNS2. The maximum Gasteiger partial charge on any atom is 0.115 e. The summed E-state index contributed by atoms with van der Waals surface area (Å²) in [6.45, 7) is 0. The van der Waals surface area contributed by atoms with Crippen molar-refractivity contribution in [1.82, 2.24) is 4.37 Å². The van der Waals surface area contributed by atoms with E-state index in [-0.39, 0.29) is 0 Å². The Morgan fingerprint density at radius 2 is 1.68 bits per heavy atom. The first-order valence-corrected chi connectivity index (χ1v) is 7.74. The van der Waals surface area contributed by atoms with Gasteiger partial charge in [-0.1, -0.05) is 65.8 Å². The van der Waals surface area contributed by atoms with Crippen molar-refractivity contribution in [3.63, 3.8) is 0 Å². The van der Waals surface area contributed by atoms with Crippen molar-refractivity contribution < 1.29 is 0 Å². The largest absolute Gasteiger partial charge is 0.185 e. The lowest BCUT2D eigenvalue weighted by Gasteiger charge is -1.99. The fourth-order valence-corrected chi connectivity index (χ4v) is 3.63. The summed E-state index contributed by atoms with van der Waals surface area (Å²) in [4.78, 5) is 2.21. The lowest BCUT2D eigenvalue weighted by atomic mass is 10.2. The number of halogens is 1. The first-order chi connectivity index (χ1) is 9.33. The monoisotopic (exact) mass is 303 g/mol. The molecule has 0 aliphatic carbocycles. The van der Waals surface area contributed by atoms with Crippen LogP contribution in [0.2, 0.25) is 5.02 Å². The maximum atomic E-state index is 6.15. The van der Waals surface area contributed by atoms with Gasteiger partial charge in [0.05, 0.1) is 9.90 Å². The summed E-state index contributed by atoms with van der Waals surface area (Å²) in [6, 6.07) is 20.2. The molecule has 4 heteroatoms. The molecule has 0 spiro atoms. The molecule has 0 fully saturated rings. The average Bonchev–Trinajstić information content (AvgIpc) is 2.91. The molecule has 0 aliphatic heterocycles. The molecule has 0 saturated carbocycles. The van der Waals surface area contributed by atoms with E-state index in [9.17, 15) is 0 Å². The predicted octanol–water partition coefficient (Wildman–Crippen LogP) is 5.61. The summed E-state index contributed by atoms with van der Waals surface area (Å²) >= 11 is 9.26. The Balaban J connectivity index is 1.85. The molecule has 1 heterocycles. The summed E-state index contributed by atoms with van der Waals surface area (Å²) in [5.74, 6) is 0. The van der Waals surface area contributed by atoms with Gasteiger partial charge in [0.15, 0.2) is 0 Å². The molecule has 0 saturated heterocycles. The predicted molar refractivity (Wildman–Crippen MR) is 83.1 cm³/mol. The van der Waals surface area contributed by atoms with E-state index in [2.05, 4.69) is 22.6 Å². The molecule has 0 amide bonds. The van der Waals surface area contributed by atoms with E-state index >= 15 is 0 Å². The summed E-state index contributed by atoms with van der Waals surface area (Å²) in [7, 11) is 0. The highest BCUT2D eigenvalue weighted by Gasteiger charge is 2.07. The molecule has 2 aromatic carbocycles. The van der Waals surface area contributed by atoms with Crippen LogP contribution < -0.4 is 0 Å². The first kappa shape index (κ1) is 12.7. The Morgan fingerprint density at radius 1 is 0.947 bits per heavy atom. The summed E-state index contributed by atoms with van der Waals surface area (Å²) in [6.07, 6.45) is 0. The third-order valence-corrected chi connectivity index (χ3v) is 4.99. The quantitative estimate of drug-likeness (QED) is 0.623. The lowest BCUT2D eigenvalue weighted by Crippen LogP contribution is -1.74. The Hall–Kier alpha value is -1.29. The Kier molecular flexibility index (Phi) is 3.87. The number of rotatable bonds is 3. The molecule has 0 unspecified atom stereocenters. The zero-order valence-corrected chi connectivity index (χ0v) is 12.3. The van der Waals surface area contributed by atoms with Crippen LogP contribution in [0.3, 0.4) is 0 Å². The van der Waals surface area contributed by atoms with Crippen LogP contribution in [-0.4, -0.2) is 4.37 Å². The fourth-order valence-electron chi connectivity index (χ4n) is 1.69. The van der Waals surface area contributed by atoms with Crippen molar-refractivity contribution in [3.05, 3.63) is 65.7 Å². The molecule has 0 aliphatic rings. The fraction of sp³-hybridized carbons (Fsp3) is 0. The zero-order chi connectivity index (χ0) is 13.1. The second-order valence-corrected chi connectivity index (χ2v) is 6.20. The van der Waals surface area contributed by atoms with Gasteiger partial charge in [0.25, 0.3) is 0 Å². The molecule has 0 N–H and O–H groups in total. The number of hydrogen-bond donors (Lipinski definition) is 0. The Morgan fingerprint density at radius 3 is 2.47 bits per heavy atom. The number of aromatic nitrogens is 1. The van der Waals surface area contributed by atoms with Crippen LogP contribution in [0.25, 0.3) is 10.4 Å². The van der Waals surface area contributed by atoms with Gasteiger partial charge in [-0.25, -0.2) is 0 Å². The van der Waals surface area contributed by atoms with E-state index in [4.69, 9.17) is 11.6 Å². The van der Waals surface area contributed by atoms with E-state index in [1.807, 2.05) is 42.5 Å². The van der Waals surface area contributed by atoms with Crippen molar-refractivity contribution in [3.8, 4) is 10.4 Å². The van der Waals surface area contributed by atoms with Gasteiger partial charge in [-0.2, -0.15) is 4.37 Å². The number of benzene rings is 2. The number of hydrogen-bond acceptors (Lipinski definition) is 3. The van der Waals surface area contributed by atoms with E-state index in [1.165, 1.54) is 22.0 Å². The number of nitrogens with zero attached hydrogens (tertiary/aromatic N) is 1. The zero-order valence-electron chi connectivity index (χ0n) is 9.92. The van der Waals surface area contributed by atoms with Crippen molar-refractivity contribution in [2.75, 3.05) is 0 Å². The van der Waals surface area contributed by atoms with Gasteiger partial charge >= 0.3 is 0 Å². The minimum Gasteiger partial charge on any atom is -0.185 e. The van der Waals surface area contributed by atoms with E-state index in [0.29, 0.717) is 0 Å². The highest BCUT2D eigenvalue weighted by molar-refractivity contribution is 7.99. The smallest absolute Gasteiger partial charge is 0.115 e. The normalized spacial score (nSPS) is 10.6. The summed E-state index contributed by atoms with van der Waals surface area (Å²) < 4.78 is 4.47. The van der Waals surface area contributed by atoms with Gasteiger partial charge < -0.3 is 0 Å². The van der Waals surface area contributed by atoms with Crippen LogP contribution >= 0.6 is 34.9 Å². The highest BCUT2D eigenvalue weighted by Crippen LogP contribution is 2.35. The van der Waals surface area contributed by atoms with E-state index in [1.54, 1.807) is 11.8 Å². The summed E-state index contributed by atoms with van der Waals surface area (Å²) in [5, 5.41) is 1.75.